The second-order valence-electron chi connectivity index (χ2n) is 4.67. The molecule has 0 spiro atoms. The lowest BCUT2D eigenvalue weighted by atomic mass is 9.95. The molecule has 4 heteroatoms. The summed E-state index contributed by atoms with van der Waals surface area (Å²) in [4.78, 5) is 0. The fraction of sp³-hybridized carbons (Fsp3) is 0.200. The minimum absolute atomic E-state index is 0.109. The second kappa shape index (κ2) is 4.48. The Morgan fingerprint density at radius 2 is 1.63 bits per heavy atom. The third-order valence-corrected chi connectivity index (χ3v) is 3.33. The first-order valence-corrected chi connectivity index (χ1v) is 6.10. The van der Waals surface area contributed by atoms with Gasteiger partial charge in [0, 0.05) is 18.1 Å². The lowest BCUT2D eigenvalue weighted by Gasteiger charge is -2.30. The Morgan fingerprint density at radius 1 is 0.947 bits per heavy atom. The number of hydrogen-bond donors (Lipinski definition) is 3. The molecule has 0 radical (unpaired) electrons. The Hall–Kier alpha value is -2.20. The van der Waals surface area contributed by atoms with E-state index in [1.54, 1.807) is 30.3 Å². The molecule has 2 atom stereocenters. The lowest BCUT2D eigenvalue weighted by molar-refractivity contribution is 0.0655. The average Bonchev–Trinajstić information content (AvgIpc) is 2.38. The van der Waals surface area contributed by atoms with Crippen molar-refractivity contribution in [2.45, 2.75) is 18.6 Å². The van der Waals surface area contributed by atoms with Crippen LogP contribution in [0.2, 0.25) is 0 Å². The Balaban J connectivity index is 1.93. The van der Waals surface area contributed by atoms with Gasteiger partial charge >= 0.3 is 0 Å². The Morgan fingerprint density at radius 3 is 2.37 bits per heavy atom. The van der Waals surface area contributed by atoms with E-state index in [9.17, 15) is 15.3 Å². The first-order valence-electron chi connectivity index (χ1n) is 6.10. The summed E-state index contributed by atoms with van der Waals surface area (Å²) in [6.07, 6.45) is -0.462. The molecule has 4 nitrogen and oxygen atoms in total. The quantitative estimate of drug-likeness (QED) is 0.735. The third-order valence-electron chi connectivity index (χ3n) is 3.33. The van der Waals surface area contributed by atoms with E-state index in [0.29, 0.717) is 17.7 Å². The Bertz CT molecular complexity index is 592. The van der Waals surface area contributed by atoms with Crippen LogP contribution in [0.15, 0.2) is 42.5 Å². The van der Waals surface area contributed by atoms with Gasteiger partial charge in [-0.1, -0.05) is 12.1 Å². The highest BCUT2D eigenvalue weighted by Crippen LogP contribution is 2.42. The van der Waals surface area contributed by atoms with Crippen molar-refractivity contribution in [3.63, 3.8) is 0 Å². The van der Waals surface area contributed by atoms with Gasteiger partial charge < -0.3 is 20.1 Å². The minimum Gasteiger partial charge on any atom is -0.508 e. The molecule has 1 heterocycles. The van der Waals surface area contributed by atoms with Gasteiger partial charge in [0.25, 0.3) is 0 Å². The molecule has 0 bridgehead atoms. The molecule has 0 fully saturated rings. The molecule has 1 unspecified atom stereocenters. The SMILES string of the molecule is Oc1ccc([C@@H]2CC(O)c3ccc(O)cc3O2)cc1. The van der Waals surface area contributed by atoms with E-state index >= 15 is 0 Å². The molecule has 1 aliphatic rings. The molecule has 2 aromatic rings. The lowest BCUT2D eigenvalue weighted by Crippen LogP contribution is -2.18. The molecule has 3 rings (SSSR count). The van der Waals surface area contributed by atoms with Gasteiger partial charge in [0.05, 0.1) is 6.10 Å². The van der Waals surface area contributed by atoms with E-state index in [2.05, 4.69) is 0 Å². The van der Waals surface area contributed by atoms with Crippen LogP contribution in [-0.2, 0) is 0 Å². The number of fused-ring (bicyclic) bond motifs is 1. The zero-order valence-corrected chi connectivity index (χ0v) is 10.2. The van der Waals surface area contributed by atoms with Crippen LogP contribution < -0.4 is 4.74 Å². The van der Waals surface area contributed by atoms with Crippen molar-refractivity contribution in [1.29, 1.82) is 0 Å². The fourth-order valence-corrected chi connectivity index (χ4v) is 2.32. The van der Waals surface area contributed by atoms with Gasteiger partial charge in [-0.2, -0.15) is 0 Å². The van der Waals surface area contributed by atoms with E-state index in [0.717, 1.165) is 5.56 Å². The zero-order chi connectivity index (χ0) is 13.4. The summed E-state index contributed by atoms with van der Waals surface area (Å²) in [6.45, 7) is 0. The van der Waals surface area contributed by atoms with Crippen LogP contribution >= 0.6 is 0 Å². The molecule has 3 N–H and O–H groups in total. The largest absolute Gasteiger partial charge is 0.508 e. The van der Waals surface area contributed by atoms with Crippen molar-refractivity contribution >= 4 is 0 Å². The number of ether oxygens (including phenoxy) is 1. The van der Waals surface area contributed by atoms with Gasteiger partial charge in [-0.15, -0.1) is 0 Å². The standard InChI is InChI=1S/C15H14O4/c16-10-3-1-9(2-4-10)14-8-13(18)12-6-5-11(17)7-15(12)19-14/h1-7,13-14,16-18H,8H2/t13?,14-/m0/s1. The summed E-state index contributed by atoms with van der Waals surface area (Å²) in [5, 5.41) is 28.9. The summed E-state index contributed by atoms with van der Waals surface area (Å²) >= 11 is 0. The average molecular weight is 258 g/mol. The van der Waals surface area contributed by atoms with Gasteiger partial charge in [-0.3, -0.25) is 0 Å². The molecule has 0 saturated heterocycles. The van der Waals surface area contributed by atoms with Crippen LogP contribution in [0.1, 0.15) is 29.8 Å². The van der Waals surface area contributed by atoms with E-state index < -0.39 is 6.10 Å². The summed E-state index contributed by atoms with van der Waals surface area (Å²) in [7, 11) is 0. The van der Waals surface area contributed by atoms with Crippen molar-refractivity contribution in [1.82, 2.24) is 0 Å². The van der Waals surface area contributed by atoms with Gasteiger partial charge in [0.1, 0.15) is 23.4 Å². The minimum atomic E-state index is -0.622. The topological polar surface area (TPSA) is 69.9 Å². The van der Waals surface area contributed by atoms with Crippen molar-refractivity contribution in [3.05, 3.63) is 53.6 Å². The third kappa shape index (κ3) is 2.22. The number of aliphatic hydroxyl groups is 1. The van der Waals surface area contributed by atoms with Crippen LogP contribution in [-0.4, -0.2) is 15.3 Å². The van der Waals surface area contributed by atoms with Gasteiger partial charge in [-0.25, -0.2) is 0 Å². The normalized spacial score (nSPS) is 21.5. The highest BCUT2D eigenvalue weighted by Gasteiger charge is 2.28. The van der Waals surface area contributed by atoms with Crippen LogP contribution in [0.4, 0.5) is 0 Å². The maximum atomic E-state index is 10.1. The summed E-state index contributed by atoms with van der Waals surface area (Å²) in [6, 6.07) is 11.4. The molecule has 0 saturated carbocycles. The van der Waals surface area contributed by atoms with E-state index in [4.69, 9.17) is 4.74 Å². The summed E-state index contributed by atoms with van der Waals surface area (Å²) in [5.41, 5.74) is 1.57. The number of rotatable bonds is 1. The first-order chi connectivity index (χ1) is 9.13. The number of hydrogen-bond acceptors (Lipinski definition) is 4. The molecule has 0 aliphatic carbocycles. The van der Waals surface area contributed by atoms with Gasteiger partial charge in [0.15, 0.2) is 0 Å². The van der Waals surface area contributed by atoms with Crippen molar-refractivity contribution in [2.24, 2.45) is 0 Å². The van der Waals surface area contributed by atoms with Gasteiger partial charge in [0.2, 0.25) is 0 Å². The molecule has 2 aromatic carbocycles. The fourth-order valence-electron chi connectivity index (χ4n) is 2.32. The molecule has 0 amide bonds. The molecule has 1 aliphatic heterocycles. The zero-order valence-electron chi connectivity index (χ0n) is 10.2. The summed E-state index contributed by atoms with van der Waals surface area (Å²) < 4.78 is 5.81. The number of aromatic hydroxyl groups is 2. The number of benzene rings is 2. The molecular weight excluding hydrogens is 244 g/mol. The monoisotopic (exact) mass is 258 g/mol. The van der Waals surface area contributed by atoms with Crippen LogP contribution in [0.25, 0.3) is 0 Å². The van der Waals surface area contributed by atoms with Crippen molar-refractivity contribution < 1.29 is 20.1 Å². The van der Waals surface area contributed by atoms with Crippen LogP contribution in [0.5, 0.6) is 17.2 Å². The van der Waals surface area contributed by atoms with E-state index in [1.807, 2.05) is 0 Å². The van der Waals surface area contributed by atoms with E-state index in [1.165, 1.54) is 12.1 Å². The van der Waals surface area contributed by atoms with Crippen LogP contribution in [0.3, 0.4) is 0 Å². The second-order valence-corrected chi connectivity index (χ2v) is 4.67. The molecular formula is C15H14O4. The Labute approximate surface area is 110 Å². The molecule has 0 aromatic heterocycles. The van der Waals surface area contributed by atoms with Crippen molar-refractivity contribution in [3.8, 4) is 17.2 Å². The smallest absolute Gasteiger partial charge is 0.129 e. The molecule has 19 heavy (non-hydrogen) atoms. The maximum absolute atomic E-state index is 10.1. The first kappa shape index (κ1) is 11.9. The van der Waals surface area contributed by atoms with Crippen molar-refractivity contribution in [2.75, 3.05) is 0 Å². The number of phenols is 2. The van der Waals surface area contributed by atoms with Gasteiger partial charge in [-0.05, 0) is 29.8 Å². The predicted octanol–water partition coefficient (Wildman–Crippen LogP) is 2.66. The highest BCUT2D eigenvalue weighted by atomic mass is 16.5. The predicted molar refractivity (Wildman–Crippen MR) is 69.2 cm³/mol. The highest BCUT2D eigenvalue weighted by molar-refractivity contribution is 5.43. The molecule has 98 valence electrons. The van der Waals surface area contributed by atoms with Crippen LogP contribution in [0, 0.1) is 0 Å². The summed E-state index contributed by atoms with van der Waals surface area (Å²) in [5.74, 6) is 0.798. The number of aliphatic hydroxyl groups excluding tert-OH is 1. The Kier molecular flexibility index (Phi) is 2.80. The number of phenolic OH excluding ortho intramolecular Hbond substituents is 2. The van der Waals surface area contributed by atoms with E-state index in [-0.39, 0.29) is 17.6 Å². The maximum Gasteiger partial charge on any atom is 0.129 e.